The minimum absolute atomic E-state index is 0.102. The number of ether oxygens (including phenoxy) is 1. The Balaban J connectivity index is 2.19. The van der Waals surface area contributed by atoms with Gasteiger partial charge in [0.15, 0.2) is 0 Å². The zero-order valence-electron chi connectivity index (χ0n) is 10.7. The van der Waals surface area contributed by atoms with Gasteiger partial charge in [-0.1, -0.05) is 20.3 Å². The van der Waals surface area contributed by atoms with Crippen LogP contribution in [0.1, 0.15) is 33.1 Å². The van der Waals surface area contributed by atoms with Gasteiger partial charge in [0.25, 0.3) is 0 Å². The van der Waals surface area contributed by atoms with Crippen LogP contribution in [-0.4, -0.2) is 40.4 Å². The van der Waals surface area contributed by atoms with Gasteiger partial charge >= 0.3 is 5.97 Å². The summed E-state index contributed by atoms with van der Waals surface area (Å²) in [6, 6.07) is -0.241. The molecule has 1 N–H and O–H groups in total. The summed E-state index contributed by atoms with van der Waals surface area (Å²) < 4.78 is 17.0. The molecule has 17 heavy (non-hydrogen) atoms. The maximum absolute atomic E-state index is 12.2. The predicted molar refractivity (Wildman–Crippen MR) is 67.2 cm³/mol. The van der Waals surface area contributed by atoms with Gasteiger partial charge in [0.1, 0.15) is 6.04 Å². The number of carbonyl (C=O) groups excluding carboxylic acids is 1. The van der Waals surface area contributed by atoms with E-state index in [1.807, 2.05) is 0 Å². The van der Waals surface area contributed by atoms with E-state index < -0.39 is 16.8 Å². The largest absolute Gasteiger partial charge is 0.468 e. The van der Waals surface area contributed by atoms with Crippen molar-refractivity contribution in [2.45, 2.75) is 50.4 Å². The Hall–Kier alpha value is -0.420. The number of fused-ring (bicyclic) bond motifs is 1. The molecule has 1 aliphatic heterocycles. The fourth-order valence-electron chi connectivity index (χ4n) is 3.03. The topological polar surface area (TPSA) is 55.4 Å². The highest BCUT2D eigenvalue weighted by molar-refractivity contribution is 7.85. The molecule has 0 aromatic heterocycles. The maximum Gasteiger partial charge on any atom is 0.323 e. The second kappa shape index (κ2) is 4.69. The van der Waals surface area contributed by atoms with E-state index in [1.165, 1.54) is 7.11 Å². The highest BCUT2D eigenvalue weighted by Gasteiger charge is 2.47. The van der Waals surface area contributed by atoms with Crippen LogP contribution in [0.15, 0.2) is 0 Å². The molecule has 0 aromatic rings. The molecule has 1 saturated heterocycles. The summed E-state index contributed by atoms with van der Waals surface area (Å²) in [5.74, 6) is 0.0994. The van der Waals surface area contributed by atoms with E-state index >= 15 is 0 Å². The first-order chi connectivity index (χ1) is 7.95. The van der Waals surface area contributed by atoms with Gasteiger partial charge in [0.2, 0.25) is 0 Å². The summed E-state index contributed by atoms with van der Waals surface area (Å²) in [6.45, 7) is 4.38. The van der Waals surface area contributed by atoms with Gasteiger partial charge < -0.3 is 4.74 Å². The smallest absolute Gasteiger partial charge is 0.323 e. The van der Waals surface area contributed by atoms with Gasteiger partial charge in [-0.3, -0.25) is 14.3 Å². The third kappa shape index (κ3) is 2.40. The molecule has 4 atom stereocenters. The van der Waals surface area contributed by atoms with E-state index in [9.17, 15) is 9.00 Å². The van der Waals surface area contributed by atoms with Crippen molar-refractivity contribution in [2.24, 2.45) is 5.41 Å². The van der Waals surface area contributed by atoms with Crippen LogP contribution in [0.5, 0.6) is 0 Å². The summed E-state index contributed by atoms with van der Waals surface area (Å²) >= 11 is 0. The molecule has 0 bridgehead atoms. The highest BCUT2D eigenvalue weighted by Crippen LogP contribution is 2.39. The SMILES string of the molecule is COC(=O)C1CS(=O)C2CCCC(C)(C)C2N1. The fourth-order valence-corrected chi connectivity index (χ4v) is 5.02. The lowest BCUT2D eigenvalue weighted by molar-refractivity contribution is -0.143. The number of rotatable bonds is 1. The van der Waals surface area contributed by atoms with Crippen molar-refractivity contribution >= 4 is 16.8 Å². The number of methoxy groups -OCH3 is 1. The fraction of sp³-hybridized carbons (Fsp3) is 0.917. The molecule has 4 unspecified atom stereocenters. The average Bonchev–Trinajstić information content (AvgIpc) is 2.28. The van der Waals surface area contributed by atoms with Gasteiger partial charge in [-0.25, -0.2) is 0 Å². The molecule has 2 aliphatic rings. The number of hydrogen-bond donors (Lipinski definition) is 1. The van der Waals surface area contributed by atoms with Gasteiger partial charge in [0.05, 0.1) is 12.4 Å². The van der Waals surface area contributed by atoms with Crippen molar-refractivity contribution in [2.75, 3.05) is 12.9 Å². The summed E-state index contributed by atoms with van der Waals surface area (Å²) in [4.78, 5) is 11.6. The first-order valence-corrected chi connectivity index (χ1v) is 7.55. The quantitative estimate of drug-likeness (QED) is 0.709. The Morgan fingerprint density at radius 1 is 1.47 bits per heavy atom. The van der Waals surface area contributed by atoms with Crippen LogP contribution < -0.4 is 5.32 Å². The summed E-state index contributed by atoms with van der Waals surface area (Å²) in [5, 5.41) is 3.55. The van der Waals surface area contributed by atoms with E-state index in [0.29, 0.717) is 5.75 Å². The van der Waals surface area contributed by atoms with Gasteiger partial charge in [0, 0.05) is 22.6 Å². The number of carbonyl (C=O) groups is 1. The minimum atomic E-state index is -0.919. The van der Waals surface area contributed by atoms with Crippen molar-refractivity contribution in [1.29, 1.82) is 0 Å². The molecule has 0 aromatic carbocycles. The second-order valence-electron chi connectivity index (χ2n) is 5.69. The Morgan fingerprint density at radius 3 is 2.82 bits per heavy atom. The van der Waals surface area contributed by atoms with Crippen molar-refractivity contribution in [3.05, 3.63) is 0 Å². The Bertz CT molecular complexity index is 343. The number of hydrogen-bond acceptors (Lipinski definition) is 4. The van der Waals surface area contributed by atoms with Gasteiger partial charge in [-0.2, -0.15) is 0 Å². The molecule has 1 saturated carbocycles. The molecule has 98 valence electrons. The molecular formula is C12H21NO3S. The molecule has 0 amide bonds. The van der Waals surface area contributed by atoms with Crippen LogP contribution in [0.4, 0.5) is 0 Å². The molecule has 1 heterocycles. The number of nitrogens with one attached hydrogen (secondary N) is 1. The Kier molecular flexibility index (Phi) is 3.59. The van der Waals surface area contributed by atoms with Crippen molar-refractivity contribution in [3.8, 4) is 0 Å². The molecule has 4 nitrogen and oxygen atoms in total. The second-order valence-corrected chi connectivity index (χ2v) is 7.39. The zero-order valence-corrected chi connectivity index (χ0v) is 11.5. The lowest BCUT2D eigenvalue weighted by atomic mass is 9.72. The van der Waals surface area contributed by atoms with Crippen LogP contribution in [0.3, 0.4) is 0 Å². The maximum atomic E-state index is 12.2. The summed E-state index contributed by atoms with van der Waals surface area (Å²) in [7, 11) is 0.461. The first kappa shape index (κ1) is 13.0. The highest BCUT2D eigenvalue weighted by atomic mass is 32.2. The molecule has 2 rings (SSSR count). The molecule has 0 spiro atoms. The molecule has 2 fully saturated rings. The predicted octanol–water partition coefficient (Wildman–Crippen LogP) is 0.827. The molecule has 0 radical (unpaired) electrons. The first-order valence-electron chi connectivity index (χ1n) is 6.17. The normalized spacial score (nSPS) is 40.4. The van der Waals surface area contributed by atoms with Crippen molar-refractivity contribution in [1.82, 2.24) is 5.32 Å². The third-order valence-electron chi connectivity index (χ3n) is 4.06. The molecule has 5 heteroatoms. The third-order valence-corrected chi connectivity index (χ3v) is 5.90. The number of esters is 1. The van der Waals surface area contributed by atoms with Crippen LogP contribution in [0.25, 0.3) is 0 Å². The average molecular weight is 259 g/mol. The van der Waals surface area contributed by atoms with E-state index in [0.717, 1.165) is 19.3 Å². The van der Waals surface area contributed by atoms with Crippen molar-refractivity contribution in [3.63, 3.8) is 0 Å². The van der Waals surface area contributed by atoms with Crippen molar-refractivity contribution < 1.29 is 13.7 Å². The Morgan fingerprint density at radius 2 is 2.18 bits per heavy atom. The summed E-state index contributed by atoms with van der Waals surface area (Å²) in [5.41, 5.74) is 0.102. The lowest BCUT2D eigenvalue weighted by Crippen LogP contribution is -2.64. The van der Waals surface area contributed by atoms with Crippen LogP contribution in [0, 0.1) is 5.41 Å². The van der Waals surface area contributed by atoms with E-state index in [4.69, 9.17) is 4.74 Å². The summed E-state index contributed by atoms with van der Waals surface area (Å²) in [6.07, 6.45) is 3.25. The van der Waals surface area contributed by atoms with E-state index in [1.54, 1.807) is 0 Å². The van der Waals surface area contributed by atoms with Crippen LogP contribution >= 0.6 is 0 Å². The molecule has 1 aliphatic carbocycles. The standard InChI is InChI=1S/C12H21NO3S/c1-12(2)6-4-5-9-10(12)13-8(7-17(9)15)11(14)16-3/h8-10,13H,4-7H2,1-3H3. The lowest BCUT2D eigenvalue weighted by Gasteiger charge is -2.48. The van der Waals surface area contributed by atoms with E-state index in [-0.39, 0.29) is 22.7 Å². The van der Waals surface area contributed by atoms with Gasteiger partial charge in [-0.15, -0.1) is 0 Å². The molecular weight excluding hydrogens is 238 g/mol. The van der Waals surface area contributed by atoms with Crippen LogP contribution in [0.2, 0.25) is 0 Å². The van der Waals surface area contributed by atoms with E-state index in [2.05, 4.69) is 19.2 Å². The van der Waals surface area contributed by atoms with Gasteiger partial charge in [-0.05, 0) is 18.3 Å². The zero-order chi connectivity index (χ0) is 12.6. The Labute approximate surface area is 105 Å². The minimum Gasteiger partial charge on any atom is -0.468 e. The van der Waals surface area contributed by atoms with Crippen LogP contribution in [-0.2, 0) is 20.3 Å². The monoisotopic (exact) mass is 259 g/mol.